The molecule has 2 rings (SSSR count). The lowest BCUT2D eigenvalue weighted by atomic mass is 9.86. The van der Waals surface area contributed by atoms with Crippen molar-refractivity contribution in [3.63, 3.8) is 0 Å². The number of carbonyl (C=O) groups excluding carboxylic acids is 1. The largest absolute Gasteiger partial charge is 0.458 e. The van der Waals surface area contributed by atoms with Gasteiger partial charge in [0, 0.05) is 10.4 Å². The van der Waals surface area contributed by atoms with Crippen molar-refractivity contribution in [1.29, 1.82) is 0 Å². The van der Waals surface area contributed by atoms with Gasteiger partial charge in [0.05, 0.1) is 26.2 Å². The van der Waals surface area contributed by atoms with Crippen molar-refractivity contribution in [2.24, 2.45) is 5.92 Å². The predicted octanol–water partition coefficient (Wildman–Crippen LogP) is 2.31. The normalized spacial score (nSPS) is 22.8. The molecule has 0 bridgehead atoms. The van der Waals surface area contributed by atoms with E-state index in [1.54, 1.807) is 6.07 Å². The summed E-state index contributed by atoms with van der Waals surface area (Å²) in [7, 11) is 4.31. The molecule has 1 aliphatic carbocycles. The predicted molar refractivity (Wildman–Crippen MR) is 83.0 cm³/mol. The maximum Gasteiger partial charge on any atom is 0.339 e. The third kappa shape index (κ3) is 4.06. The third-order valence-electron chi connectivity index (χ3n) is 3.86. The Morgan fingerprint density at radius 1 is 1.30 bits per heavy atom. The Morgan fingerprint density at radius 3 is 2.70 bits per heavy atom. The van der Waals surface area contributed by atoms with Crippen LogP contribution in [0.5, 0.6) is 0 Å². The Kier molecular flexibility index (Phi) is 5.61. The van der Waals surface area contributed by atoms with E-state index in [0.717, 1.165) is 23.9 Å². The minimum absolute atomic E-state index is 0.0678. The lowest BCUT2D eigenvalue weighted by Crippen LogP contribution is -3.06. The minimum Gasteiger partial charge on any atom is -0.458 e. The Morgan fingerprint density at radius 2 is 2.00 bits per heavy atom. The van der Waals surface area contributed by atoms with Gasteiger partial charge in [0.15, 0.2) is 0 Å². The highest BCUT2D eigenvalue weighted by Crippen LogP contribution is 2.27. The molecule has 1 fully saturated rings. The molecule has 0 aliphatic heterocycles. The van der Waals surface area contributed by atoms with E-state index < -0.39 is 0 Å². The number of carbonyl (C=O) groups is 1. The molecule has 0 radical (unpaired) electrons. The van der Waals surface area contributed by atoms with Crippen LogP contribution in [0.1, 0.15) is 36.0 Å². The van der Waals surface area contributed by atoms with Crippen molar-refractivity contribution in [3.8, 4) is 0 Å². The highest BCUT2D eigenvalue weighted by Gasteiger charge is 2.30. The SMILES string of the molecule is C[NH+](C)C[C@@H]1CCCC[C@@H]1OC(=O)c1ccccc1Br. The van der Waals surface area contributed by atoms with Crippen LogP contribution in [-0.4, -0.2) is 32.7 Å². The fourth-order valence-electron chi connectivity index (χ4n) is 2.91. The number of rotatable bonds is 4. The molecule has 0 amide bonds. The second-order valence-electron chi connectivity index (χ2n) is 5.88. The lowest BCUT2D eigenvalue weighted by Gasteiger charge is -2.31. The number of ether oxygens (including phenoxy) is 1. The Hall–Kier alpha value is -0.870. The zero-order valence-corrected chi connectivity index (χ0v) is 13.8. The topological polar surface area (TPSA) is 30.7 Å². The van der Waals surface area contributed by atoms with Gasteiger partial charge < -0.3 is 9.64 Å². The molecule has 4 heteroatoms. The van der Waals surface area contributed by atoms with Crippen LogP contribution < -0.4 is 4.90 Å². The summed E-state index contributed by atoms with van der Waals surface area (Å²) in [6.07, 6.45) is 4.64. The van der Waals surface area contributed by atoms with Gasteiger partial charge in [-0.3, -0.25) is 0 Å². The second kappa shape index (κ2) is 7.23. The zero-order chi connectivity index (χ0) is 14.5. The van der Waals surface area contributed by atoms with Crippen LogP contribution in [0.3, 0.4) is 0 Å². The molecular formula is C16H23BrNO2+. The van der Waals surface area contributed by atoms with Gasteiger partial charge in [0.1, 0.15) is 6.10 Å². The Balaban J connectivity index is 2.03. The molecule has 3 nitrogen and oxygen atoms in total. The molecule has 0 unspecified atom stereocenters. The molecule has 0 aromatic heterocycles. The number of nitrogens with one attached hydrogen (secondary N) is 1. The smallest absolute Gasteiger partial charge is 0.339 e. The highest BCUT2D eigenvalue weighted by molar-refractivity contribution is 9.10. The molecule has 110 valence electrons. The Bertz CT molecular complexity index is 462. The maximum atomic E-state index is 12.3. The van der Waals surface area contributed by atoms with E-state index in [4.69, 9.17) is 4.74 Å². The Labute approximate surface area is 129 Å². The molecule has 20 heavy (non-hydrogen) atoms. The van der Waals surface area contributed by atoms with Gasteiger partial charge >= 0.3 is 5.97 Å². The van der Waals surface area contributed by atoms with Crippen molar-refractivity contribution in [3.05, 3.63) is 34.3 Å². The van der Waals surface area contributed by atoms with Crippen LogP contribution >= 0.6 is 15.9 Å². The van der Waals surface area contributed by atoms with Crippen LogP contribution in [0.2, 0.25) is 0 Å². The van der Waals surface area contributed by atoms with Gasteiger partial charge in [-0.15, -0.1) is 0 Å². The maximum absolute atomic E-state index is 12.3. The average Bonchev–Trinajstić information content (AvgIpc) is 2.41. The summed E-state index contributed by atoms with van der Waals surface area (Å²) in [5.41, 5.74) is 0.619. The van der Waals surface area contributed by atoms with Crippen LogP contribution in [0, 0.1) is 5.92 Å². The highest BCUT2D eigenvalue weighted by atomic mass is 79.9. The van der Waals surface area contributed by atoms with Crippen LogP contribution in [0.4, 0.5) is 0 Å². The molecule has 2 atom stereocenters. The van der Waals surface area contributed by atoms with Gasteiger partial charge in [-0.1, -0.05) is 18.6 Å². The first-order chi connectivity index (χ1) is 9.58. The van der Waals surface area contributed by atoms with Gasteiger partial charge in [0.2, 0.25) is 0 Å². The van der Waals surface area contributed by atoms with Crippen molar-refractivity contribution in [2.45, 2.75) is 31.8 Å². The molecule has 1 aliphatic rings. The van der Waals surface area contributed by atoms with E-state index in [2.05, 4.69) is 30.0 Å². The average molecular weight is 341 g/mol. The van der Waals surface area contributed by atoms with Gasteiger partial charge in [0.25, 0.3) is 0 Å². The number of esters is 1. The van der Waals surface area contributed by atoms with Crippen molar-refractivity contribution in [2.75, 3.05) is 20.6 Å². The van der Waals surface area contributed by atoms with E-state index in [1.165, 1.54) is 17.7 Å². The fourth-order valence-corrected chi connectivity index (χ4v) is 3.36. The van der Waals surface area contributed by atoms with Crippen LogP contribution in [0.25, 0.3) is 0 Å². The molecule has 0 spiro atoms. The van der Waals surface area contributed by atoms with E-state index >= 15 is 0 Å². The lowest BCUT2D eigenvalue weighted by molar-refractivity contribution is -0.862. The summed E-state index contributed by atoms with van der Waals surface area (Å²) in [4.78, 5) is 13.7. The molecule has 1 aromatic carbocycles. The number of hydrogen-bond donors (Lipinski definition) is 1. The first-order valence-corrected chi connectivity index (χ1v) is 8.11. The molecule has 1 N–H and O–H groups in total. The molecular weight excluding hydrogens is 318 g/mol. The van der Waals surface area contributed by atoms with Crippen LogP contribution in [-0.2, 0) is 4.74 Å². The standard InChI is InChI=1S/C16H22BrNO2/c1-18(2)11-12-7-3-6-10-15(12)20-16(19)13-8-4-5-9-14(13)17/h4-5,8-9,12,15H,3,6-7,10-11H2,1-2H3/p+1/t12-,15-/m0/s1. The van der Waals surface area contributed by atoms with E-state index in [0.29, 0.717) is 11.5 Å². The summed E-state index contributed by atoms with van der Waals surface area (Å²) in [6, 6.07) is 7.45. The first kappa shape index (κ1) is 15.5. The molecule has 0 heterocycles. The summed E-state index contributed by atoms with van der Waals surface area (Å²) in [6.45, 7) is 1.06. The van der Waals surface area contributed by atoms with E-state index in [-0.39, 0.29) is 12.1 Å². The number of benzene rings is 1. The molecule has 0 saturated heterocycles. The van der Waals surface area contributed by atoms with Crippen molar-refractivity contribution < 1.29 is 14.4 Å². The molecule has 1 aromatic rings. The van der Waals surface area contributed by atoms with E-state index in [9.17, 15) is 4.79 Å². The summed E-state index contributed by atoms with van der Waals surface area (Å²) in [5.74, 6) is 0.281. The fraction of sp³-hybridized carbons (Fsp3) is 0.562. The number of halogens is 1. The van der Waals surface area contributed by atoms with E-state index in [1.807, 2.05) is 18.2 Å². The quantitative estimate of drug-likeness (QED) is 0.852. The summed E-state index contributed by atoms with van der Waals surface area (Å²) < 4.78 is 6.59. The van der Waals surface area contributed by atoms with Gasteiger partial charge in [-0.25, -0.2) is 4.79 Å². The van der Waals surface area contributed by atoms with Crippen LogP contribution in [0.15, 0.2) is 28.7 Å². The zero-order valence-electron chi connectivity index (χ0n) is 12.2. The summed E-state index contributed by atoms with van der Waals surface area (Å²) in [5, 5.41) is 0. The minimum atomic E-state index is -0.205. The van der Waals surface area contributed by atoms with Gasteiger partial charge in [-0.05, 0) is 47.3 Å². The molecule has 1 saturated carbocycles. The van der Waals surface area contributed by atoms with Crippen molar-refractivity contribution >= 4 is 21.9 Å². The summed E-state index contributed by atoms with van der Waals surface area (Å²) >= 11 is 3.41. The van der Waals surface area contributed by atoms with Gasteiger partial charge in [-0.2, -0.15) is 0 Å². The monoisotopic (exact) mass is 340 g/mol. The third-order valence-corrected chi connectivity index (χ3v) is 4.55. The first-order valence-electron chi connectivity index (χ1n) is 7.32. The number of quaternary nitrogens is 1. The second-order valence-corrected chi connectivity index (χ2v) is 6.73. The van der Waals surface area contributed by atoms with Crippen molar-refractivity contribution in [1.82, 2.24) is 0 Å². The number of hydrogen-bond acceptors (Lipinski definition) is 2.